The highest BCUT2D eigenvalue weighted by atomic mass is 16.1. The molecule has 0 aliphatic carbocycles. The molecule has 1 N–H and O–H groups in total. The fourth-order valence-corrected chi connectivity index (χ4v) is 2.62. The maximum atomic E-state index is 11.5. The second-order valence-electron chi connectivity index (χ2n) is 5.25. The van der Waals surface area contributed by atoms with Gasteiger partial charge in [0.15, 0.2) is 5.78 Å². The molecule has 1 aromatic rings. The molecule has 90 valence electrons. The Labute approximate surface area is 98.5 Å². The summed E-state index contributed by atoms with van der Waals surface area (Å²) in [6.45, 7) is 12.4. The van der Waals surface area contributed by atoms with E-state index in [1.54, 1.807) is 6.92 Å². The zero-order valence-corrected chi connectivity index (χ0v) is 11.3. The van der Waals surface area contributed by atoms with E-state index in [9.17, 15) is 4.79 Å². The number of aromatic amines is 1. The molecule has 0 bridgehead atoms. The Kier molecular flexibility index (Phi) is 3.95. The molecule has 0 aliphatic rings. The Balaban J connectivity index is 3.07. The van der Waals surface area contributed by atoms with Crippen LogP contribution in [0.5, 0.6) is 0 Å². The first-order chi connectivity index (χ1) is 7.34. The summed E-state index contributed by atoms with van der Waals surface area (Å²) in [7, 11) is 0. The van der Waals surface area contributed by atoms with Crippen LogP contribution < -0.4 is 0 Å². The van der Waals surface area contributed by atoms with Crippen molar-refractivity contribution in [2.45, 2.75) is 53.9 Å². The summed E-state index contributed by atoms with van der Waals surface area (Å²) in [5.41, 5.74) is 4.26. The number of carbonyl (C=O) groups is 1. The first-order valence-corrected chi connectivity index (χ1v) is 6.04. The Morgan fingerprint density at radius 3 is 2.19 bits per heavy atom. The lowest BCUT2D eigenvalue weighted by Crippen LogP contribution is -2.01. The Hall–Kier alpha value is -1.05. The molecule has 1 heterocycles. The number of aryl methyl sites for hydroxylation is 1. The number of ketones is 1. The average Bonchev–Trinajstić information content (AvgIpc) is 2.40. The summed E-state index contributed by atoms with van der Waals surface area (Å²) in [6, 6.07) is 0. The zero-order valence-electron chi connectivity index (χ0n) is 11.3. The minimum Gasteiger partial charge on any atom is -0.361 e. The predicted molar refractivity (Wildman–Crippen MR) is 68.1 cm³/mol. The molecule has 0 amide bonds. The van der Waals surface area contributed by atoms with Crippen molar-refractivity contribution in [3.05, 3.63) is 22.5 Å². The summed E-state index contributed by atoms with van der Waals surface area (Å²) in [4.78, 5) is 14.9. The highest BCUT2D eigenvalue weighted by Gasteiger charge is 2.19. The summed E-state index contributed by atoms with van der Waals surface area (Å²) < 4.78 is 0. The lowest BCUT2D eigenvalue weighted by molar-refractivity contribution is 0.101. The molecule has 0 fully saturated rings. The minimum absolute atomic E-state index is 0.161. The van der Waals surface area contributed by atoms with Gasteiger partial charge in [0.05, 0.1) is 0 Å². The van der Waals surface area contributed by atoms with Crippen molar-refractivity contribution in [1.29, 1.82) is 0 Å². The molecular weight excluding hydrogens is 198 g/mol. The molecule has 16 heavy (non-hydrogen) atoms. The SMILES string of the molecule is CC(=O)c1c(C)[nH]c(C(C)CC(C)C)c1C. The molecule has 0 aromatic carbocycles. The molecule has 2 heteroatoms. The number of carbonyl (C=O) groups excluding carboxylic acids is 1. The third kappa shape index (κ3) is 2.55. The van der Waals surface area contributed by atoms with Crippen LogP contribution in [0, 0.1) is 19.8 Å². The lowest BCUT2D eigenvalue weighted by atomic mass is 9.93. The van der Waals surface area contributed by atoms with Crippen molar-refractivity contribution in [2.75, 3.05) is 0 Å². The van der Waals surface area contributed by atoms with Crippen LogP contribution in [0.25, 0.3) is 0 Å². The van der Waals surface area contributed by atoms with Gasteiger partial charge in [0.1, 0.15) is 0 Å². The van der Waals surface area contributed by atoms with Gasteiger partial charge in [0.2, 0.25) is 0 Å². The van der Waals surface area contributed by atoms with Crippen molar-refractivity contribution < 1.29 is 4.79 Å². The fourth-order valence-electron chi connectivity index (χ4n) is 2.62. The van der Waals surface area contributed by atoms with Crippen LogP contribution in [0.3, 0.4) is 0 Å². The molecule has 1 atom stereocenters. The molecule has 0 saturated heterocycles. The van der Waals surface area contributed by atoms with E-state index >= 15 is 0 Å². The van der Waals surface area contributed by atoms with E-state index in [0.717, 1.165) is 23.2 Å². The van der Waals surface area contributed by atoms with Gasteiger partial charge in [-0.05, 0) is 44.6 Å². The van der Waals surface area contributed by atoms with Crippen LogP contribution in [0.4, 0.5) is 0 Å². The van der Waals surface area contributed by atoms with Crippen LogP contribution in [-0.2, 0) is 0 Å². The third-order valence-corrected chi connectivity index (χ3v) is 3.15. The van der Waals surface area contributed by atoms with Gasteiger partial charge in [-0.25, -0.2) is 0 Å². The standard InChI is InChI=1S/C14H23NO/c1-8(2)7-9(3)14-10(4)13(12(6)16)11(5)15-14/h8-9,15H,7H2,1-6H3. The molecule has 0 aliphatic heterocycles. The molecule has 2 nitrogen and oxygen atoms in total. The Morgan fingerprint density at radius 1 is 1.25 bits per heavy atom. The van der Waals surface area contributed by atoms with E-state index in [1.807, 2.05) is 13.8 Å². The fraction of sp³-hybridized carbons (Fsp3) is 0.643. The van der Waals surface area contributed by atoms with Crippen LogP contribution in [0.2, 0.25) is 0 Å². The van der Waals surface area contributed by atoms with E-state index in [4.69, 9.17) is 0 Å². The number of H-pyrrole nitrogens is 1. The second-order valence-corrected chi connectivity index (χ2v) is 5.25. The summed E-state index contributed by atoms with van der Waals surface area (Å²) in [5, 5.41) is 0. The number of aromatic nitrogens is 1. The van der Waals surface area contributed by atoms with Gasteiger partial charge in [-0.15, -0.1) is 0 Å². The van der Waals surface area contributed by atoms with Crippen molar-refractivity contribution >= 4 is 5.78 Å². The molecule has 1 unspecified atom stereocenters. The van der Waals surface area contributed by atoms with E-state index in [2.05, 4.69) is 25.8 Å². The van der Waals surface area contributed by atoms with Crippen molar-refractivity contribution in [1.82, 2.24) is 4.98 Å². The number of hydrogen-bond acceptors (Lipinski definition) is 1. The minimum atomic E-state index is 0.161. The van der Waals surface area contributed by atoms with Gasteiger partial charge in [-0.1, -0.05) is 20.8 Å². The van der Waals surface area contributed by atoms with Crippen LogP contribution in [0.15, 0.2) is 0 Å². The van der Waals surface area contributed by atoms with Gasteiger partial charge in [-0.3, -0.25) is 4.79 Å². The van der Waals surface area contributed by atoms with Gasteiger partial charge in [0, 0.05) is 17.0 Å². The summed E-state index contributed by atoms with van der Waals surface area (Å²) in [6.07, 6.45) is 1.15. The van der Waals surface area contributed by atoms with Gasteiger partial charge in [-0.2, -0.15) is 0 Å². The summed E-state index contributed by atoms with van der Waals surface area (Å²) in [5.74, 6) is 1.33. The monoisotopic (exact) mass is 221 g/mol. The number of rotatable bonds is 4. The van der Waals surface area contributed by atoms with E-state index in [1.165, 1.54) is 5.69 Å². The number of nitrogens with one attached hydrogen (secondary N) is 1. The van der Waals surface area contributed by atoms with E-state index in [-0.39, 0.29) is 5.78 Å². The first kappa shape index (κ1) is 13.0. The van der Waals surface area contributed by atoms with Crippen LogP contribution in [-0.4, -0.2) is 10.8 Å². The molecule has 1 aromatic heterocycles. The van der Waals surface area contributed by atoms with Gasteiger partial charge >= 0.3 is 0 Å². The maximum Gasteiger partial charge on any atom is 0.161 e. The number of hydrogen-bond donors (Lipinski definition) is 1. The second kappa shape index (κ2) is 4.86. The summed E-state index contributed by atoms with van der Waals surface area (Å²) >= 11 is 0. The van der Waals surface area contributed by atoms with Crippen molar-refractivity contribution in [3.63, 3.8) is 0 Å². The van der Waals surface area contributed by atoms with Crippen LogP contribution >= 0.6 is 0 Å². The smallest absolute Gasteiger partial charge is 0.161 e. The Morgan fingerprint density at radius 2 is 1.81 bits per heavy atom. The highest BCUT2D eigenvalue weighted by molar-refractivity contribution is 5.97. The largest absolute Gasteiger partial charge is 0.361 e. The first-order valence-electron chi connectivity index (χ1n) is 6.04. The van der Waals surface area contributed by atoms with E-state index < -0.39 is 0 Å². The van der Waals surface area contributed by atoms with Crippen molar-refractivity contribution in [2.24, 2.45) is 5.92 Å². The molecule has 0 radical (unpaired) electrons. The normalized spacial score (nSPS) is 13.2. The lowest BCUT2D eigenvalue weighted by Gasteiger charge is -2.13. The van der Waals surface area contributed by atoms with Crippen molar-refractivity contribution in [3.8, 4) is 0 Å². The zero-order chi connectivity index (χ0) is 12.5. The number of Topliss-reactive ketones (excluding diaryl/α,β-unsaturated/α-hetero) is 1. The van der Waals surface area contributed by atoms with Gasteiger partial charge < -0.3 is 4.98 Å². The highest BCUT2D eigenvalue weighted by Crippen LogP contribution is 2.28. The van der Waals surface area contributed by atoms with Crippen LogP contribution in [0.1, 0.15) is 67.3 Å². The molecule has 0 spiro atoms. The molecule has 1 rings (SSSR count). The molecular formula is C14H23NO. The quantitative estimate of drug-likeness (QED) is 0.766. The van der Waals surface area contributed by atoms with E-state index in [0.29, 0.717) is 11.8 Å². The Bertz CT molecular complexity index is 388. The molecule has 0 saturated carbocycles. The average molecular weight is 221 g/mol. The predicted octanol–water partition coefficient (Wildman–Crippen LogP) is 3.98. The topological polar surface area (TPSA) is 32.9 Å². The third-order valence-electron chi connectivity index (χ3n) is 3.15. The van der Waals surface area contributed by atoms with Gasteiger partial charge in [0.25, 0.3) is 0 Å². The maximum absolute atomic E-state index is 11.5.